The molecule has 1 aliphatic rings. The van der Waals surface area contributed by atoms with Gasteiger partial charge in [0.15, 0.2) is 0 Å². The lowest BCUT2D eigenvalue weighted by Crippen LogP contribution is -2.47. The second-order valence-electron chi connectivity index (χ2n) is 6.73. The van der Waals surface area contributed by atoms with Gasteiger partial charge in [-0.05, 0) is 37.1 Å². The Morgan fingerprint density at radius 2 is 1.86 bits per heavy atom. The number of aromatic nitrogens is 1. The number of benzene rings is 1. The number of likely N-dealkylation sites (tertiary alicyclic amines) is 1. The number of anilines is 1. The van der Waals surface area contributed by atoms with Crippen LogP contribution in [0.3, 0.4) is 0 Å². The minimum Gasteiger partial charge on any atom is -0.475 e. The van der Waals surface area contributed by atoms with Gasteiger partial charge in [0.25, 0.3) is 5.91 Å². The van der Waals surface area contributed by atoms with E-state index in [9.17, 15) is 9.59 Å². The van der Waals surface area contributed by atoms with Gasteiger partial charge in [-0.3, -0.25) is 4.79 Å². The first-order valence-electron chi connectivity index (χ1n) is 9.66. The number of piperidine rings is 1. The molecule has 1 aromatic heterocycles. The van der Waals surface area contributed by atoms with Gasteiger partial charge in [-0.2, -0.15) is 0 Å². The predicted octanol–water partition coefficient (Wildman–Crippen LogP) is 2.53. The fourth-order valence-electron chi connectivity index (χ4n) is 3.16. The topological polar surface area (TPSA) is 92.8 Å². The van der Waals surface area contributed by atoms with Crippen LogP contribution < -0.4 is 15.4 Å². The Hall–Kier alpha value is -3.13. The van der Waals surface area contributed by atoms with E-state index in [4.69, 9.17) is 9.47 Å². The molecule has 8 heteroatoms. The van der Waals surface area contributed by atoms with Crippen LogP contribution in [0.4, 0.5) is 10.5 Å². The summed E-state index contributed by atoms with van der Waals surface area (Å²) >= 11 is 0. The Bertz CT molecular complexity index is 807. The highest BCUT2D eigenvalue weighted by atomic mass is 16.5. The number of nitrogens with zero attached hydrogens (tertiary/aromatic N) is 2. The summed E-state index contributed by atoms with van der Waals surface area (Å²) in [5.74, 6) is 0.203. The smallest absolute Gasteiger partial charge is 0.319 e. The van der Waals surface area contributed by atoms with E-state index in [2.05, 4.69) is 15.6 Å². The third kappa shape index (κ3) is 5.92. The molecule has 0 aliphatic carbocycles. The van der Waals surface area contributed by atoms with Gasteiger partial charge in [0.1, 0.15) is 12.2 Å². The van der Waals surface area contributed by atoms with Gasteiger partial charge in [-0.15, -0.1) is 0 Å². The van der Waals surface area contributed by atoms with Crippen molar-refractivity contribution in [3.63, 3.8) is 0 Å². The van der Waals surface area contributed by atoms with Crippen LogP contribution in [0.15, 0.2) is 48.7 Å². The van der Waals surface area contributed by atoms with E-state index in [1.165, 1.54) is 0 Å². The van der Waals surface area contributed by atoms with Crippen LogP contribution in [0.5, 0.6) is 5.88 Å². The lowest BCUT2D eigenvalue weighted by molar-refractivity contribution is 0.0700. The van der Waals surface area contributed by atoms with Crippen molar-refractivity contribution in [2.75, 3.05) is 38.7 Å². The van der Waals surface area contributed by atoms with Crippen LogP contribution in [-0.4, -0.2) is 61.3 Å². The third-order valence-corrected chi connectivity index (χ3v) is 4.68. The molecule has 0 bridgehead atoms. The van der Waals surface area contributed by atoms with Crippen LogP contribution in [-0.2, 0) is 4.74 Å². The molecule has 1 fully saturated rings. The maximum atomic E-state index is 12.9. The SMILES string of the molecule is COCCOc1ncccc1C(=O)N1CCC(NC(=O)Nc2ccccc2)CC1. The number of hydrogen-bond donors (Lipinski definition) is 2. The standard InChI is InChI=1S/C21H26N4O4/c1-28-14-15-29-19-18(8-5-11-22-19)20(26)25-12-9-17(10-13-25)24-21(27)23-16-6-3-2-4-7-16/h2-8,11,17H,9-10,12-15H2,1H3,(H2,23,24,27). The first-order chi connectivity index (χ1) is 14.2. The molecule has 1 aromatic carbocycles. The van der Waals surface area contributed by atoms with Crippen LogP contribution in [0.1, 0.15) is 23.2 Å². The molecule has 2 aromatic rings. The van der Waals surface area contributed by atoms with Crippen LogP contribution in [0, 0.1) is 0 Å². The Kier molecular flexibility index (Phi) is 7.40. The van der Waals surface area contributed by atoms with Crippen LogP contribution >= 0.6 is 0 Å². The minimum atomic E-state index is -0.234. The normalized spacial score (nSPS) is 14.3. The first-order valence-corrected chi connectivity index (χ1v) is 9.66. The molecular formula is C21H26N4O4. The number of urea groups is 1. The average Bonchev–Trinajstić information content (AvgIpc) is 2.75. The first kappa shape index (κ1) is 20.6. The summed E-state index contributed by atoms with van der Waals surface area (Å²) in [4.78, 5) is 31.0. The number of methoxy groups -OCH3 is 1. The van der Waals surface area contributed by atoms with Gasteiger partial charge in [0, 0.05) is 38.1 Å². The number of carbonyl (C=O) groups excluding carboxylic acids is 2. The highest BCUT2D eigenvalue weighted by Crippen LogP contribution is 2.20. The van der Waals surface area contributed by atoms with Crippen molar-refractivity contribution in [2.24, 2.45) is 0 Å². The van der Waals surface area contributed by atoms with E-state index < -0.39 is 0 Å². The second-order valence-corrected chi connectivity index (χ2v) is 6.73. The number of nitrogens with one attached hydrogen (secondary N) is 2. The molecule has 0 saturated carbocycles. The molecule has 3 amide bonds. The second kappa shape index (κ2) is 10.4. The molecule has 29 heavy (non-hydrogen) atoms. The van der Waals surface area contributed by atoms with Crippen molar-refractivity contribution in [2.45, 2.75) is 18.9 Å². The molecule has 3 rings (SSSR count). The quantitative estimate of drug-likeness (QED) is 0.699. The molecule has 0 spiro atoms. The summed E-state index contributed by atoms with van der Waals surface area (Å²) in [5, 5.41) is 5.79. The van der Waals surface area contributed by atoms with Gasteiger partial charge in [-0.1, -0.05) is 18.2 Å². The third-order valence-electron chi connectivity index (χ3n) is 4.68. The molecule has 2 N–H and O–H groups in total. The zero-order valence-corrected chi connectivity index (χ0v) is 16.5. The van der Waals surface area contributed by atoms with Crippen LogP contribution in [0.25, 0.3) is 0 Å². The van der Waals surface area contributed by atoms with Crippen LogP contribution in [0.2, 0.25) is 0 Å². The zero-order chi connectivity index (χ0) is 20.5. The number of ether oxygens (including phenoxy) is 2. The predicted molar refractivity (Wildman–Crippen MR) is 109 cm³/mol. The number of amides is 3. The summed E-state index contributed by atoms with van der Waals surface area (Å²) in [6.07, 6.45) is 2.97. The van der Waals surface area contributed by atoms with E-state index in [0.717, 1.165) is 5.69 Å². The average molecular weight is 398 g/mol. The highest BCUT2D eigenvalue weighted by Gasteiger charge is 2.26. The summed E-state index contributed by atoms with van der Waals surface area (Å²) in [5.41, 5.74) is 1.19. The van der Waals surface area contributed by atoms with Crippen molar-refractivity contribution in [3.05, 3.63) is 54.2 Å². The number of carbonyl (C=O) groups is 2. The summed E-state index contributed by atoms with van der Waals surface area (Å²) in [7, 11) is 1.59. The fourth-order valence-corrected chi connectivity index (χ4v) is 3.16. The highest BCUT2D eigenvalue weighted by molar-refractivity contribution is 5.96. The molecule has 154 valence electrons. The minimum absolute atomic E-state index is 0.0223. The zero-order valence-electron chi connectivity index (χ0n) is 16.5. The molecular weight excluding hydrogens is 372 g/mol. The van der Waals surface area contributed by atoms with Gasteiger partial charge in [-0.25, -0.2) is 9.78 Å². The van der Waals surface area contributed by atoms with E-state index in [1.807, 2.05) is 30.3 Å². The molecule has 0 unspecified atom stereocenters. The fraction of sp³-hybridized carbons (Fsp3) is 0.381. The molecule has 2 heterocycles. The van der Waals surface area contributed by atoms with E-state index >= 15 is 0 Å². The van der Waals surface area contributed by atoms with Crippen molar-refractivity contribution in [1.82, 2.24) is 15.2 Å². The van der Waals surface area contributed by atoms with Gasteiger partial charge in [0.2, 0.25) is 5.88 Å². The van der Waals surface area contributed by atoms with Crippen molar-refractivity contribution >= 4 is 17.6 Å². The Morgan fingerprint density at radius 3 is 2.59 bits per heavy atom. The largest absolute Gasteiger partial charge is 0.475 e. The van der Waals surface area contributed by atoms with Crippen molar-refractivity contribution in [1.29, 1.82) is 0 Å². The Labute approximate surface area is 170 Å². The lowest BCUT2D eigenvalue weighted by Gasteiger charge is -2.32. The van der Waals surface area contributed by atoms with E-state index in [-0.39, 0.29) is 18.0 Å². The monoisotopic (exact) mass is 398 g/mol. The Morgan fingerprint density at radius 1 is 1.10 bits per heavy atom. The number of hydrogen-bond acceptors (Lipinski definition) is 5. The molecule has 8 nitrogen and oxygen atoms in total. The Balaban J connectivity index is 1.50. The van der Waals surface area contributed by atoms with Crippen molar-refractivity contribution < 1.29 is 19.1 Å². The van der Waals surface area contributed by atoms with Gasteiger partial charge in [0.05, 0.1) is 6.61 Å². The molecule has 1 aliphatic heterocycles. The number of rotatable bonds is 7. The molecule has 0 atom stereocenters. The van der Waals surface area contributed by atoms with Crippen molar-refractivity contribution in [3.8, 4) is 5.88 Å². The summed E-state index contributed by atoms with van der Waals surface area (Å²) in [6, 6.07) is 12.5. The maximum absolute atomic E-state index is 12.9. The molecule has 0 radical (unpaired) electrons. The van der Waals surface area contributed by atoms with Gasteiger partial charge >= 0.3 is 6.03 Å². The van der Waals surface area contributed by atoms with Gasteiger partial charge < -0.3 is 25.0 Å². The maximum Gasteiger partial charge on any atom is 0.319 e. The summed E-state index contributed by atoms with van der Waals surface area (Å²) < 4.78 is 10.5. The molecule has 1 saturated heterocycles. The number of pyridine rings is 1. The van der Waals surface area contributed by atoms with E-state index in [1.54, 1.807) is 30.3 Å². The number of para-hydroxylation sites is 1. The lowest BCUT2D eigenvalue weighted by atomic mass is 10.0. The van der Waals surface area contributed by atoms with E-state index in [0.29, 0.717) is 50.6 Å². The summed E-state index contributed by atoms with van der Waals surface area (Å²) in [6.45, 7) is 1.87.